The number of carboxylic acid groups (broad SMARTS) is 1. The van der Waals surface area contributed by atoms with Crippen LogP contribution in [-0.2, 0) is 9.53 Å². The first-order chi connectivity index (χ1) is 8.70. The Morgan fingerprint density at radius 2 is 2.00 bits per heavy atom. The van der Waals surface area contributed by atoms with E-state index in [4.69, 9.17) is 4.74 Å². The first-order valence-electron chi connectivity index (χ1n) is 7.15. The van der Waals surface area contributed by atoms with E-state index in [0.717, 1.165) is 32.3 Å². The van der Waals surface area contributed by atoms with Crippen LogP contribution in [0.1, 0.15) is 38.5 Å². The van der Waals surface area contributed by atoms with Gasteiger partial charge < -0.3 is 9.84 Å². The largest absolute Gasteiger partial charge is 0.481 e. The van der Waals surface area contributed by atoms with Gasteiger partial charge in [0.25, 0.3) is 0 Å². The number of hydrogen-bond donors (Lipinski definition) is 1. The van der Waals surface area contributed by atoms with Crippen LogP contribution in [0.4, 0.5) is 0 Å². The molecule has 0 radical (unpaired) electrons. The summed E-state index contributed by atoms with van der Waals surface area (Å²) in [5.74, 6) is 2.79. The maximum absolute atomic E-state index is 11.2. The number of carbonyl (C=O) groups is 1. The molecule has 18 heavy (non-hydrogen) atoms. The molecule has 4 heteroatoms. The molecule has 1 spiro atoms. The second kappa shape index (κ2) is 5.04. The van der Waals surface area contributed by atoms with Gasteiger partial charge in [-0.3, -0.25) is 4.79 Å². The third-order valence-corrected chi connectivity index (χ3v) is 6.17. The highest BCUT2D eigenvalue weighted by atomic mass is 32.2. The quantitative estimate of drug-likeness (QED) is 0.838. The van der Waals surface area contributed by atoms with Crippen LogP contribution in [0.25, 0.3) is 0 Å². The van der Waals surface area contributed by atoms with Gasteiger partial charge >= 0.3 is 5.97 Å². The molecule has 3 rings (SSSR count). The molecule has 0 aromatic carbocycles. The minimum Gasteiger partial charge on any atom is -0.481 e. The zero-order chi connectivity index (χ0) is 12.6. The van der Waals surface area contributed by atoms with E-state index in [1.807, 2.05) is 11.8 Å². The Morgan fingerprint density at radius 1 is 1.22 bits per heavy atom. The van der Waals surface area contributed by atoms with Crippen molar-refractivity contribution in [2.45, 2.75) is 44.1 Å². The molecule has 102 valence electrons. The number of thioether (sulfide) groups is 1. The Balaban J connectivity index is 1.65. The number of ether oxygens (including phenoxy) is 1. The van der Waals surface area contributed by atoms with Crippen molar-refractivity contribution in [3.05, 3.63) is 0 Å². The number of aliphatic carboxylic acids is 1. The first-order valence-corrected chi connectivity index (χ1v) is 8.30. The fraction of sp³-hybridized carbons (Fsp3) is 0.929. The molecule has 3 atom stereocenters. The van der Waals surface area contributed by atoms with Crippen molar-refractivity contribution in [3.8, 4) is 0 Å². The predicted octanol–water partition coefficient (Wildman–Crippen LogP) is 2.79. The van der Waals surface area contributed by atoms with E-state index in [-0.39, 0.29) is 11.5 Å². The highest BCUT2D eigenvalue weighted by Crippen LogP contribution is 2.49. The monoisotopic (exact) mass is 270 g/mol. The molecular weight excluding hydrogens is 248 g/mol. The summed E-state index contributed by atoms with van der Waals surface area (Å²) in [7, 11) is 0. The highest BCUT2D eigenvalue weighted by molar-refractivity contribution is 7.99. The molecule has 2 aliphatic heterocycles. The van der Waals surface area contributed by atoms with E-state index in [1.165, 1.54) is 24.3 Å². The zero-order valence-corrected chi connectivity index (χ0v) is 11.6. The summed E-state index contributed by atoms with van der Waals surface area (Å²) in [6, 6.07) is 0. The lowest BCUT2D eigenvalue weighted by atomic mass is 9.62. The molecule has 3 unspecified atom stereocenters. The fourth-order valence-corrected chi connectivity index (χ4v) is 5.16. The van der Waals surface area contributed by atoms with E-state index in [9.17, 15) is 9.90 Å². The third-order valence-electron chi connectivity index (χ3n) is 5.19. The summed E-state index contributed by atoms with van der Waals surface area (Å²) in [5, 5.41) is 9.20. The molecule has 3 nitrogen and oxygen atoms in total. The zero-order valence-electron chi connectivity index (χ0n) is 10.8. The molecule has 3 aliphatic rings. The van der Waals surface area contributed by atoms with Gasteiger partial charge in [0, 0.05) is 6.61 Å². The standard InChI is InChI=1S/C14H22O3S/c15-13(16)12-2-1-11(12)10-3-6-17-14(9-10)4-7-18-8-5-14/h10-12H,1-9H2,(H,15,16). The van der Waals surface area contributed by atoms with Gasteiger partial charge in [-0.15, -0.1) is 0 Å². The van der Waals surface area contributed by atoms with Crippen molar-refractivity contribution in [2.75, 3.05) is 18.1 Å². The lowest BCUT2D eigenvalue weighted by Gasteiger charge is -2.48. The lowest BCUT2D eigenvalue weighted by Crippen LogP contribution is -2.48. The Morgan fingerprint density at radius 3 is 2.61 bits per heavy atom. The van der Waals surface area contributed by atoms with Gasteiger partial charge in [-0.1, -0.05) is 0 Å². The molecule has 1 aliphatic carbocycles. The van der Waals surface area contributed by atoms with Gasteiger partial charge in [0.1, 0.15) is 0 Å². The number of rotatable bonds is 2. The summed E-state index contributed by atoms with van der Waals surface area (Å²) in [6.07, 6.45) is 6.52. The van der Waals surface area contributed by atoms with Crippen LogP contribution in [0.2, 0.25) is 0 Å². The molecule has 2 heterocycles. The SMILES string of the molecule is O=C(O)C1CCC1C1CCOC2(CCSCC2)C1. The van der Waals surface area contributed by atoms with Gasteiger partial charge in [0.15, 0.2) is 0 Å². The third kappa shape index (κ3) is 2.29. The second-order valence-corrected chi connectivity index (χ2v) is 7.31. The molecule has 0 amide bonds. The Hall–Kier alpha value is -0.220. The average molecular weight is 270 g/mol. The predicted molar refractivity (Wildman–Crippen MR) is 71.8 cm³/mol. The van der Waals surface area contributed by atoms with Gasteiger partial charge in [-0.2, -0.15) is 11.8 Å². The lowest BCUT2D eigenvalue weighted by molar-refractivity contribution is -0.156. The summed E-state index contributed by atoms with van der Waals surface area (Å²) in [5.41, 5.74) is 0.104. The Kier molecular flexibility index (Phi) is 3.59. The minimum absolute atomic E-state index is 0.0666. The van der Waals surface area contributed by atoms with Crippen LogP contribution >= 0.6 is 11.8 Å². The van der Waals surface area contributed by atoms with Crippen LogP contribution in [-0.4, -0.2) is 34.8 Å². The number of carboxylic acids is 1. The number of hydrogen-bond acceptors (Lipinski definition) is 3. The second-order valence-electron chi connectivity index (χ2n) is 6.08. The first kappa shape index (κ1) is 12.8. The van der Waals surface area contributed by atoms with Crippen LogP contribution in [0.5, 0.6) is 0 Å². The summed E-state index contributed by atoms with van der Waals surface area (Å²) >= 11 is 2.02. The van der Waals surface area contributed by atoms with Crippen LogP contribution in [0.15, 0.2) is 0 Å². The summed E-state index contributed by atoms with van der Waals surface area (Å²) < 4.78 is 6.09. The smallest absolute Gasteiger partial charge is 0.306 e. The molecule has 0 aromatic heterocycles. The fourth-order valence-electron chi connectivity index (χ4n) is 3.92. The van der Waals surface area contributed by atoms with Crippen LogP contribution < -0.4 is 0 Å². The van der Waals surface area contributed by atoms with E-state index in [2.05, 4.69) is 0 Å². The van der Waals surface area contributed by atoms with Crippen molar-refractivity contribution in [1.29, 1.82) is 0 Å². The average Bonchev–Trinajstić information content (AvgIpc) is 2.27. The topological polar surface area (TPSA) is 46.5 Å². The minimum atomic E-state index is -0.578. The van der Waals surface area contributed by atoms with Crippen molar-refractivity contribution in [1.82, 2.24) is 0 Å². The maximum atomic E-state index is 11.2. The molecule has 0 aromatic rings. The van der Waals surface area contributed by atoms with Gasteiger partial charge in [-0.05, 0) is 61.9 Å². The maximum Gasteiger partial charge on any atom is 0.306 e. The van der Waals surface area contributed by atoms with Gasteiger partial charge in [0.05, 0.1) is 11.5 Å². The Labute approximate surface area is 113 Å². The van der Waals surface area contributed by atoms with Gasteiger partial charge in [-0.25, -0.2) is 0 Å². The molecule has 2 saturated heterocycles. The van der Waals surface area contributed by atoms with Gasteiger partial charge in [0.2, 0.25) is 0 Å². The summed E-state index contributed by atoms with van der Waals surface area (Å²) in [6.45, 7) is 0.845. The van der Waals surface area contributed by atoms with E-state index >= 15 is 0 Å². The van der Waals surface area contributed by atoms with Crippen molar-refractivity contribution in [2.24, 2.45) is 17.8 Å². The van der Waals surface area contributed by atoms with Crippen LogP contribution in [0, 0.1) is 17.8 Å². The molecule has 1 N–H and O–H groups in total. The molecule has 3 fully saturated rings. The van der Waals surface area contributed by atoms with Crippen molar-refractivity contribution in [3.63, 3.8) is 0 Å². The normalized spacial score (nSPS) is 39.2. The van der Waals surface area contributed by atoms with E-state index < -0.39 is 5.97 Å². The highest BCUT2D eigenvalue weighted by Gasteiger charge is 2.47. The molecular formula is C14H22O3S. The molecule has 1 saturated carbocycles. The molecule has 0 bridgehead atoms. The van der Waals surface area contributed by atoms with E-state index in [0.29, 0.717) is 11.8 Å². The van der Waals surface area contributed by atoms with Crippen molar-refractivity contribution < 1.29 is 14.6 Å². The summed E-state index contributed by atoms with van der Waals surface area (Å²) in [4.78, 5) is 11.2. The van der Waals surface area contributed by atoms with Crippen LogP contribution in [0.3, 0.4) is 0 Å². The Bertz CT molecular complexity index is 319. The van der Waals surface area contributed by atoms with E-state index in [1.54, 1.807) is 0 Å². The van der Waals surface area contributed by atoms with Crippen molar-refractivity contribution >= 4 is 17.7 Å².